The van der Waals surface area contributed by atoms with Crippen molar-refractivity contribution in [1.82, 2.24) is 4.90 Å². The molecule has 3 nitrogen and oxygen atoms in total. The van der Waals surface area contributed by atoms with E-state index in [-0.39, 0.29) is 5.41 Å². The van der Waals surface area contributed by atoms with Crippen LogP contribution in [0.3, 0.4) is 0 Å². The summed E-state index contributed by atoms with van der Waals surface area (Å²) in [7, 11) is 2.21. The zero-order valence-corrected chi connectivity index (χ0v) is 10.2. The first-order valence-corrected chi connectivity index (χ1v) is 6.60. The third-order valence-corrected chi connectivity index (χ3v) is 5.43. The van der Waals surface area contributed by atoms with Gasteiger partial charge < -0.3 is 14.7 Å². The second-order valence-electron chi connectivity index (χ2n) is 6.16. The highest BCUT2D eigenvalue weighted by Gasteiger charge is 2.65. The van der Waals surface area contributed by atoms with Crippen molar-refractivity contribution in [2.75, 3.05) is 40.0 Å². The minimum absolute atomic E-state index is 0.242. The Morgan fingerprint density at radius 3 is 2.25 bits per heavy atom. The number of aliphatic hydroxyl groups is 1. The Morgan fingerprint density at radius 2 is 1.88 bits per heavy atom. The van der Waals surface area contributed by atoms with Crippen molar-refractivity contribution in [3.63, 3.8) is 0 Å². The molecule has 0 unspecified atom stereocenters. The van der Waals surface area contributed by atoms with Crippen molar-refractivity contribution in [3.8, 4) is 0 Å². The molecule has 1 aliphatic carbocycles. The van der Waals surface area contributed by atoms with E-state index in [1.807, 2.05) is 0 Å². The van der Waals surface area contributed by atoms with Crippen molar-refractivity contribution in [2.24, 2.45) is 16.7 Å². The first-order valence-electron chi connectivity index (χ1n) is 6.60. The summed E-state index contributed by atoms with van der Waals surface area (Å²) in [5.41, 5.74) is 0.578. The van der Waals surface area contributed by atoms with Crippen LogP contribution in [0, 0.1) is 16.7 Å². The van der Waals surface area contributed by atoms with Crippen LogP contribution in [0.1, 0.15) is 25.7 Å². The molecular formula is C13H23NO2. The number of aliphatic hydroxyl groups excluding tert-OH is 1. The zero-order valence-electron chi connectivity index (χ0n) is 10.2. The van der Waals surface area contributed by atoms with Crippen molar-refractivity contribution < 1.29 is 9.84 Å². The van der Waals surface area contributed by atoms with E-state index in [1.54, 1.807) is 0 Å². The van der Waals surface area contributed by atoms with Gasteiger partial charge in [-0.05, 0) is 51.7 Å². The van der Waals surface area contributed by atoms with E-state index in [4.69, 9.17) is 4.74 Å². The highest BCUT2D eigenvalue weighted by Crippen LogP contribution is 2.65. The number of hydrogen-bond donors (Lipinski definition) is 1. The van der Waals surface area contributed by atoms with E-state index >= 15 is 0 Å². The van der Waals surface area contributed by atoms with E-state index in [0.29, 0.717) is 12.0 Å². The molecule has 0 aromatic rings. The first kappa shape index (κ1) is 11.0. The molecule has 92 valence electrons. The first-order chi connectivity index (χ1) is 7.72. The fourth-order valence-electron chi connectivity index (χ4n) is 3.82. The third-order valence-electron chi connectivity index (χ3n) is 5.43. The molecular weight excluding hydrogens is 202 g/mol. The van der Waals surface area contributed by atoms with Gasteiger partial charge in [-0.1, -0.05) is 0 Å². The lowest BCUT2D eigenvalue weighted by Gasteiger charge is -2.54. The summed E-state index contributed by atoms with van der Waals surface area (Å²) in [5, 5.41) is 9.67. The molecule has 2 heterocycles. The van der Waals surface area contributed by atoms with Crippen LogP contribution in [0.5, 0.6) is 0 Å². The van der Waals surface area contributed by atoms with Crippen LogP contribution in [-0.2, 0) is 4.74 Å². The van der Waals surface area contributed by atoms with Gasteiger partial charge in [-0.3, -0.25) is 0 Å². The fourth-order valence-corrected chi connectivity index (χ4v) is 3.82. The molecule has 16 heavy (non-hydrogen) atoms. The molecule has 3 heteroatoms. The fraction of sp³-hybridized carbons (Fsp3) is 1.00. The van der Waals surface area contributed by atoms with Gasteiger partial charge in [-0.15, -0.1) is 0 Å². The molecule has 2 aliphatic heterocycles. The summed E-state index contributed by atoms with van der Waals surface area (Å²) >= 11 is 0. The average Bonchev–Trinajstić information content (AvgIpc) is 3.01. The van der Waals surface area contributed by atoms with Crippen molar-refractivity contribution in [3.05, 3.63) is 0 Å². The molecule has 0 radical (unpaired) electrons. The molecule has 0 bridgehead atoms. The molecule has 0 spiro atoms. The van der Waals surface area contributed by atoms with Gasteiger partial charge in [0.05, 0.1) is 13.2 Å². The van der Waals surface area contributed by atoms with Gasteiger partial charge in [-0.2, -0.15) is 0 Å². The SMILES string of the molecule is CN1CCC(C2(C3(CO)CC3)COC2)CC1. The van der Waals surface area contributed by atoms with Gasteiger partial charge in [0.1, 0.15) is 0 Å². The predicted octanol–water partition coefficient (Wildman–Crippen LogP) is 1.12. The Labute approximate surface area is 97.8 Å². The Hall–Kier alpha value is -0.120. The topological polar surface area (TPSA) is 32.7 Å². The zero-order chi connectivity index (χ0) is 11.2. The molecule has 3 aliphatic rings. The van der Waals surface area contributed by atoms with E-state index in [1.165, 1.54) is 38.8 Å². The Morgan fingerprint density at radius 1 is 1.25 bits per heavy atom. The van der Waals surface area contributed by atoms with Crippen LogP contribution < -0.4 is 0 Å². The van der Waals surface area contributed by atoms with Gasteiger partial charge in [0.15, 0.2) is 0 Å². The largest absolute Gasteiger partial charge is 0.396 e. The van der Waals surface area contributed by atoms with Gasteiger partial charge in [-0.25, -0.2) is 0 Å². The smallest absolute Gasteiger partial charge is 0.0553 e. The summed E-state index contributed by atoms with van der Waals surface area (Å²) < 4.78 is 5.52. The molecule has 1 N–H and O–H groups in total. The lowest BCUT2D eigenvalue weighted by Crippen LogP contribution is -2.57. The number of piperidine rings is 1. The van der Waals surface area contributed by atoms with Crippen LogP contribution in [0.25, 0.3) is 0 Å². The van der Waals surface area contributed by atoms with E-state index in [0.717, 1.165) is 19.1 Å². The highest BCUT2D eigenvalue weighted by atomic mass is 16.5. The average molecular weight is 225 g/mol. The molecule has 3 fully saturated rings. The van der Waals surface area contributed by atoms with Crippen LogP contribution in [0.15, 0.2) is 0 Å². The number of likely N-dealkylation sites (tertiary alicyclic amines) is 1. The van der Waals surface area contributed by atoms with E-state index in [2.05, 4.69) is 11.9 Å². The van der Waals surface area contributed by atoms with Crippen molar-refractivity contribution in [2.45, 2.75) is 25.7 Å². The number of nitrogens with zero attached hydrogens (tertiary/aromatic N) is 1. The minimum Gasteiger partial charge on any atom is -0.396 e. The maximum atomic E-state index is 9.67. The predicted molar refractivity (Wildman–Crippen MR) is 62.2 cm³/mol. The lowest BCUT2D eigenvalue weighted by atomic mass is 9.60. The normalized spacial score (nSPS) is 33.4. The molecule has 1 saturated carbocycles. The molecule has 0 aromatic heterocycles. The third kappa shape index (κ3) is 1.38. The number of ether oxygens (including phenoxy) is 1. The summed E-state index contributed by atoms with van der Waals surface area (Å²) in [5.74, 6) is 0.784. The van der Waals surface area contributed by atoms with Crippen LogP contribution >= 0.6 is 0 Å². The van der Waals surface area contributed by atoms with Crippen LogP contribution in [0.2, 0.25) is 0 Å². The monoisotopic (exact) mass is 225 g/mol. The minimum atomic E-state index is 0.242. The maximum Gasteiger partial charge on any atom is 0.0553 e. The maximum absolute atomic E-state index is 9.67. The van der Waals surface area contributed by atoms with E-state index in [9.17, 15) is 5.11 Å². The highest BCUT2D eigenvalue weighted by molar-refractivity contribution is 5.13. The molecule has 2 saturated heterocycles. The molecule has 3 rings (SSSR count). The van der Waals surface area contributed by atoms with Gasteiger partial charge in [0, 0.05) is 17.4 Å². The van der Waals surface area contributed by atoms with Crippen LogP contribution in [-0.4, -0.2) is 50.0 Å². The lowest BCUT2D eigenvalue weighted by molar-refractivity contribution is -0.203. The second-order valence-corrected chi connectivity index (χ2v) is 6.16. The van der Waals surface area contributed by atoms with Gasteiger partial charge in [0.25, 0.3) is 0 Å². The standard InChI is InChI=1S/C13H23NO2/c1-14-6-2-11(3-7-14)13(9-16-10-13)12(8-15)4-5-12/h11,15H,2-10H2,1H3. The quantitative estimate of drug-likeness (QED) is 0.781. The Bertz CT molecular complexity index is 263. The van der Waals surface area contributed by atoms with Gasteiger partial charge >= 0.3 is 0 Å². The number of hydrogen-bond acceptors (Lipinski definition) is 3. The van der Waals surface area contributed by atoms with E-state index < -0.39 is 0 Å². The molecule has 0 aromatic carbocycles. The summed E-state index contributed by atoms with van der Waals surface area (Å²) in [6.07, 6.45) is 5.03. The molecule has 0 atom stereocenters. The molecule has 0 amide bonds. The summed E-state index contributed by atoms with van der Waals surface area (Å²) in [6.45, 7) is 4.62. The van der Waals surface area contributed by atoms with Gasteiger partial charge in [0.2, 0.25) is 0 Å². The second kappa shape index (κ2) is 3.69. The Kier molecular flexibility index (Phi) is 2.54. The Balaban J connectivity index is 1.75. The van der Waals surface area contributed by atoms with Crippen molar-refractivity contribution in [1.29, 1.82) is 0 Å². The van der Waals surface area contributed by atoms with Crippen molar-refractivity contribution >= 4 is 0 Å². The summed E-state index contributed by atoms with van der Waals surface area (Å²) in [4.78, 5) is 2.42. The number of rotatable bonds is 3. The van der Waals surface area contributed by atoms with Crippen LogP contribution in [0.4, 0.5) is 0 Å². The summed E-state index contributed by atoms with van der Waals surface area (Å²) in [6, 6.07) is 0.